The zero-order valence-electron chi connectivity index (χ0n) is 12.2. The highest BCUT2D eigenvalue weighted by Gasteiger charge is 2.30. The number of nitrogens with zero attached hydrogens (tertiary/aromatic N) is 2. The molecule has 2 heterocycles. The van der Waals surface area contributed by atoms with Crippen molar-refractivity contribution in [1.29, 1.82) is 0 Å². The van der Waals surface area contributed by atoms with Crippen LogP contribution in [0.25, 0.3) is 10.2 Å². The van der Waals surface area contributed by atoms with Crippen molar-refractivity contribution in [2.45, 2.75) is 38.8 Å². The van der Waals surface area contributed by atoms with E-state index >= 15 is 0 Å². The molecule has 0 saturated carbocycles. The molecule has 0 amide bonds. The Morgan fingerprint density at radius 2 is 2.25 bits per heavy atom. The number of hydrogen-bond acceptors (Lipinski definition) is 4. The van der Waals surface area contributed by atoms with Crippen molar-refractivity contribution < 1.29 is 0 Å². The molecule has 4 heteroatoms. The molecule has 1 aliphatic rings. The maximum Gasteiger partial charge on any atom is 0.111 e. The fourth-order valence-electron chi connectivity index (χ4n) is 3.22. The second-order valence-electron chi connectivity index (χ2n) is 5.95. The van der Waals surface area contributed by atoms with Crippen LogP contribution in [0.2, 0.25) is 0 Å². The summed E-state index contributed by atoms with van der Waals surface area (Å²) < 4.78 is 1.28. The zero-order valence-corrected chi connectivity index (χ0v) is 13.1. The highest BCUT2D eigenvalue weighted by molar-refractivity contribution is 7.18. The van der Waals surface area contributed by atoms with Gasteiger partial charge in [0.15, 0.2) is 0 Å². The van der Waals surface area contributed by atoms with Gasteiger partial charge < -0.3 is 5.73 Å². The maximum atomic E-state index is 5.99. The van der Waals surface area contributed by atoms with Crippen LogP contribution in [0.3, 0.4) is 0 Å². The minimum absolute atomic E-state index is 0.369. The predicted octanol–water partition coefficient (Wildman–Crippen LogP) is 3.42. The molecule has 1 aromatic heterocycles. The molecule has 1 aliphatic heterocycles. The SMILES string of the molecule is CC1CCN(C(C)c2nc3ccccc3s2)C(CN)C1. The molecule has 108 valence electrons. The molecule has 3 nitrogen and oxygen atoms in total. The normalized spacial score (nSPS) is 25.9. The number of para-hydroxylation sites is 1. The quantitative estimate of drug-likeness (QED) is 0.941. The lowest BCUT2D eigenvalue weighted by molar-refractivity contribution is 0.0834. The van der Waals surface area contributed by atoms with Crippen LogP contribution in [-0.4, -0.2) is 29.0 Å². The Hall–Kier alpha value is -0.970. The Morgan fingerprint density at radius 1 is 1.45 bits per heavy atom. The van der Waals surface area contributed by atoms with Crippen LogP contribution in [0.1, 0.15) is 37.7 Å². The number of aromatic nitrogens is 1. The first-order valence-corrected chi connectivity index (χ1v) is 8.32. The lowest BCUT2D eigenvalue weighted by Crippen LogP contribution is -2.47. The van der Waals surface area contributed by atoms with Crippen LogP contribution in [0, 0.1) is 5.92 Å². The van der Waals surface area contributed by atoms with Crippen LogP contribution >= 0.6 is 11.3 Å². The fourth-order valence-corrected chi connectivity index (χ4v) is 4.26. The van der Waals surface area contributed by atoms with Crippen molar-refractivity contribution in [3.8, 4) is 0 Å². The minimum Gasteiger partial charge on any atom is -0.329 e. The van der Waals surface area contributed by atoms with Gasteiger partial charge in [0.25, 0.3) is 0 Å². The Bertz CT molecular complexity index is 547. The molecule has 0 spiro atoms. The summed E-state index contributed by atoms with van der Waals surface area (Å²) in [5.74, 6) is 0.794. The van der Waals surface area contributed by atoms with Crippen LogP contribution < -0.4 is 5.73 Å². The van der Waals surface area contributed by atoms with E-state index in [1.807, 2.05) is 11.3 Å². The van der Waals surface area contributed by atoms with E-state index in [1.54, 1.807) is 0 Å². The van der Waals surface area contributed by atoms with Crippen molar-refractivity contribution in [3.63, 3.8) is 0 Å². The topological polar surface area (TPSA) is 42.2 Å². The lowest BCUT2D eigenvalue weighted by Gasteiger charge is -2.41. The van der Waals surface area contributed by atoms with Gasteiger partial charge in [-0.3, -0.25) is 4.90 Å². The lowest BCUT2D eigenvalue weighted by atomic mass is 9.91. The molecule has 0 radical (unpaired) electrons. The summed E-state index contributed by atoms with van der Waals surface area (Å²) in [5.41, 5.74) is 7.11. The standard InChI is InChI=1S/C16H23N3S/c1-11-7-8-19(13(9-11)10-17)12(2)16-18-14-5-3-4-6-15(14)20-16/h3-6,11-13H,7-10,17H2,1-2H3. The molecule has 2 aromatic rings. The number of hydrogen-bond donors (Lipinski definition) is 1. The van der Waals surface area contributed by atoms with Gasteiger partial charge in [-0.1, -0.05) is 19.1 Å². The Balaban J connectivity index is 1.85. The van der Waals surface area contributed by atoms with Gasteiger partial charge in [-0.15, -0.1) is 11.3 Å². The number of nitrogens with two attached hydrogens (primary N) is 1. The third-order valence-corrected chi connectivity index (χ3v) is 5.67. The smallest absolute Gasteiger partial charge is 0.111 e. The van der Waals surface area contributed by atoms with E-state index in [4.69, 9.17) is 10.7 Å². The van der Waals surface area contributed by atoms with E-state index in [2.05, 4.69) is 43.0 Å². The summed E-state index contributed by atoms with van der Waals surface area (Å²) in [6, 6.07) is 9.26. The average Bonchev–Trinajstić information content (AvgIpc) is 2.90. The highest BCUT2D eigenvalue weighted by atomic mass is 32.1. The molecule has 0 aliphatic carbocycles. The van der Waals surface area contributed by atoms with Crippen molar-refractivity contribution in [3.05, 3.63) is 29.3 Å². The summed E-state index contributed by atoms with van der Waals surface area (Å²) in [5, 5.41) is 1.22. The Labute approximate surface area is 124 Å². The maximum absolute atomic E-state index is 5.99. The first-order valence-electron chi connectivity index (χ1n) is 7.50. The molecule has 20 heavy (non-hydrogen) atoms. The van der Waals surface area contributed by atoms with Gasteiger partial charge in [-0.2, -0.15) is 0 Å². The van der Waals surface area contributed by atoms with E-state index in [0.717, 1.165) is 24.5 Å². The number of thiazole rings is 1. The zero-order chi connectivity index (χ0) is 14.1. The molecule has 3 unspecified atom stereocenters. The molecule has 1 fully saturated rings. The molecular formula is C16H23N3S. The second-order valence-corrected chi connectivity index (χ2v) is 7.01. The average molecular weight is 289 g/mol. The first kappa shape index (κ1) is 14.0. The summed E-state index contributed by atoms with van der Waals surface area (Å²) in [7, 11) is 0. The summed E-state index contributed by atoms with van der Waals surface area (Å²) in [6.45, 7) is 6.50. The minimum atomic E-state index is 0.369. The largest absolute Gasteiger partial charge is 0.329 e. The second kappa shape index (κ2) is 5.80. The van der Waals surface area contributed by atoms with Gasteiger partial charge in [-0.25, -0.2) is 4.98 Å². The van der Waals surface area contributed by atoms with E-state index in [9.17, 15) is 0 Å². The van der Waals surface area contributed by atoms with Crippen LogP contribution in [0.15, 0.2) is 24.3 Å². The fraction of sp³-hybridized carbons (Fsp3) is 0.562. The summed E-state index contributed by atoms with van der Waals surface area (Å²) in [4.78, 5) is 7.36. The third kappa shape index (κ3) is 2.60. The highest BCUT2D eigenvalue weighted by Crippen LogP contribution is 2.34. The van der Waals surface area contributed by atoms with E-state index < -0.39 is 0 Å². The first-order chi connectivity index (χ1) is 9.69. The van der Waals surface area contributed by atoms with Gasteiger partial charge in [0, 0.05) is 12.6 Å². The van der Waals surface area contributed by atoms with Gasteiger partial charge in [0.1, 0.15) is 5.01 Å². The van der Waals surface area contributed by atoms with Gasteiger partial charge in [0.05, 0.1) is 16.3 Å². The van der Waals surface area contributed by atoms with E-state index in [0.29, 0.717) is 12.1 Å². The van der Waals surface area contributed by atoms with Crippen LogP contribution in [0.4, 0.5) is 0 Å². The number of fused-ring (bicyclic) bond motifs is 1. The van der Waals surface area contributed by atoms with E-state index in [1.165, 1.54) is 22.5 Å². The van der Waals surface area contributed by atoms with Gasteiger partial charge in [0.2, 0.25) is 0 Å². The third-order valence-electron chi connectivity index (χ3n) is 4.46. The molecule has 3 rings (SSSR count). The molecule has 2 N–H and O–H groups in total. The number of likely N-dealkylation sites (tertiary alicyclic amines) is 1. The Kier molecular flexibility index (Phi) is 4.06. The predicted molar refractivity (Wildman–Crippen MR) is 86.0 cm³/mol. The number of rotatable bonds is 3. The van der Waals surface area contributed by atoms with Crippen molar-refractivity contribution >= 4 is 21.6 Å². The molecule has 3 atom stereocenters. The Morgan fingerprint density at radius 3 is 3.00 bits per heavy atom. The molecule has 1 saturated heterocycles. The van der Waals surface area contributed by atoms with Crippen molar-refractivity contribution in [1.82, 2.24) is 9.88 Å². The number of benzene rings is 1. The van der Waals surface area contributed by atoms with Gasteiger partial charge >= 0.3 is 0 Å². The summed E-state index contributed by atoms with van der Waals surface area (Å²) in [6.07, 6.45) is 2.48. The van der Waals surface area contributed by atoms with E-state index in [-0.39, 0.29) is 0 Å². The van der Waals surface area contributed by atoms with Crippen molar-refractivity contribution in [2.24, 2.45) is 11.7 Å². The number of piperidine rings is 1. The molecule has 1 aromatic carbocycles. The van der Waals surface area contributed by atoms with Crippen LogP contribution in [-0.2, 0) is 0 Å². The summed E-state index contributed by atoms with van der Waals surface area (Å²) >= 11 is 1.82. The van der Waals surface area contributed by atoms with Crippen molar-refractivity contribution in [2.75, 3.05) is 13.1 Å². The monoisotopic (exact) mass is 289 g/mol. The van der Waals surface area contributed by atoms with Crippen LogP contribution in [0.5, 0.6) is 0 Å². The molecular weight excluding hydrogens is 266 g/mol. The van der Waals surface area contributed by atoms with Gasteiger partial charge in [-0.05, 0) is 44.4 Å². The molecule has 0 bridgehead atoms.